The highest BCUT2D eigenvalue weighted by molar-refractivity contribution is 6.33. The van der Waals surface area contributed by atoms with Gasteiger partial charge in [-0.05, 0) is 18.9 Å². The molecule has 0 radical (unpaired) electrons. The summed E-state index contributed by atoms with van der Waals surface area (Å²) in [4.78, 5) is 6.71. The summed E-state index contributed by atoms with van der Waals surface area (Å²) >= 11 is 6.22. The van der Waals surface area contributed by atoms with Crippen molar-refractivity contribution >= 4 is 17.4 Å². The molecular formula is C12H16ClN3O. The van der Waals surface area contributed by atoms with Crippen molar-refractivity contribution in [3.8, 4) is 5.88 Å². The van der Waals surface area contributed by atoms with Crippen LogP contribution < -0.4 is 15.0 Å². The Labute approximate surface area is 106 Å². The molecule has 5 heteroatoms. The fraction of sp³-hybridized carbons (Fsp3) is 0.583. The average Bonchev–Trinajstić information content (AvgIpc) is 3.09. The molecule has 1 spiro atoms. The molecule has 1 aromatic heterocycles. The quantitative estimate of drug-likeness (QED) is 0.870. The molecule has 1 aromatic rings. The molecule has 1 aliphatic carbocycles. The summed E-state index contributed by atoms with van der Waals surface area (Å²) in [7, 11) is 1.63. The topological polar surface area (TPSA) is 37.4 Å². The Balaban J connectivity index is 1.87. The molecule has 17 heavy (non-hydrogen) atoms. The summed E-state index contributed by atoms with van der Waals surface area (Å²) in [5.41, 5.74) is 0.326. The predicted octanol–water partition coefficient (Wildman–Crippen LogP) is 1.69. The van der Waals surface area contributed by atoms with Crippen LogP contribution >= 0.6 is 11.6 Å². The van der Waals surface area contributed by atoms with Crippen LogP contribution in [-0.4, -0.2) is 37.3 Å². The predicted molar refractivity (Wildman–Crippen MR) is 68.0 cm³/mol. The van der Waals surface area contributed by atoms with Crippen LogP contribution in [0.25, 0.3) is 0 Å². The van der Waals surface area contributed by atoms with E-state index >= 15 is 0 Å². The first kappa shape index (κ1) is 11.1. The minimum absolute atomic E-state index is 0.326. The van der Waals surface area contributed by atoms with E-state index in [1.54, 1.807) is 13.2 Å². The number of halogens is 1. The van der Waals surface area contributed by atoms with Crippen LogP contribution in [0.1, 0.15) is 12.8 Å². The second-order valence-electron chi connectivity index (χ2n) is 4.79. The van der Waals surface area contributed by atoms with Crippen LogP contribution in [0.3, 0.4) is 0 Å². The lowest BCUT2D eigenvalue weighted by atomic mass is 10.2. The number of rotatable bonds is 2. The molecule has 92 valence electrons. The SMILES string of the molecule is COc1ccc(Cl)c(N2CCNC3(CC3)C2)n1. The third kappa shape index (κ3) is 2.07. The average molecular weight is 254 g/mol. The molecule has 0 atom stereocenters. The number of pyridine rings is 1. The van der Waals surface area contributed by atoms with E-state index in [-0.39, 0.29) is 0 Å². The zero-order valence-corrected chi connectivity index (χ0v) is 10.6. The monoisotopic (exact) mass is 253 g/mol. The van der Waals surface area contributed by atoms with Crippen LogP contribution in [0, 0.1) is 0 Å². The molecule has 1 N–H and O–H groups in total. The molecule has 2 aliphatic rings. The highest BCUT2D eigenvalue weighted by Gasteiger charge is 2.46. The van der Waals surface area contributed by atoms with Crippen molar-refractivity contribution in [1.82, 2.24) is 10.3 Å². The summed E-state index contributed by atoms with van der Waals surface area (Å²) in [6.45, 7) is 2.93. The van der Waals surface area contributed by atoms with E-state index in [1.165, 1.54) is 12.8 Å². The summed E-state index contributed by atoms with van der Waals surface area (Å²) in [6.07, 6.45) is 2.51. The number of methoxy groups -OCH3 is 1. The van der Waals surface area contributed by atoms with Gasteiger partial charge in [-0.15, -0.1) is 0 Å². The number of anilines is 1. The Morgan fingerprint density at radius 3 is 3.00 bits per heavy atom. The van der Waals surface area contributed by atoms with Crippen LogP contribution in [0.5, 0.6) is 5.88 Å². The minimum Gasteiger partial charge on any atom is -0.481 e. The van der Waals surface area contributed by atoms with Gasteiger partial charge in [0.15, 0.2) is 5.82 Å². The summed E-state index contributed by atoms with van der Waals surface area (Å²) in [5, 5.41) is 4.27. The number of hydrogen-bond acceptors (Lipinski definition) is 4. The normalized spacial score (nSPS) is 21.6. The molecule has 4 nitrogen and oxygen atoms in total. The smallest absolute Gasteiger partial charge is 0.214 e. The lowest BCUT2D eigenvalue weighted by Gasteiger charge is -2.35. The molecular weight excluding hydrogens is 238 g/mol. The molecule has 1 aliphatic heterocycles. The van der Waals surface area contributed by atoms with E-state index in [0.29, 0.717) is 16.4 Å². The number of nitrogens with zero attached hydrogens (tertiary/aromatic N) is 2. The van der Waals surface area contributed by atoms with E-state index in [9.17, 15) is 0 Å². The maximum Gasteiger partial charge on any atom is 0.214 e. The molecule has 2 heterocycles. The standard InChI is InChI=1S/C12H16ClN3O/c1-17-10-3-2-9(13)11(15-10)16-7-6-14-12(8-16)4-5-12/h2-3,14H,4-8H2,1H3. The first-order chi connectivity index (χ1) is 8.22. The number of aromatic nitrogens is 1. The van der Waals surface area contributed by atoms with Gasteiger partial charge in [-0.3, -0.25) is 0 Å². The van der Waals surface area contributed by atoms with E-state index in [1.807, 2.05) is 6.07 Å². The highest BCUT2D eigenvalue weighted by Crippen LogP contribution is 2.39. The second-order valence-corrected chi connectivity index (χ2v) is 5.19. The maximum absolute atomic E-state index is 6.22. The largest absolute Gasteiger partial charge is 0.481 e. The van der Waals surface area contributed by atoms with E-state index in [0.717, 1.165) is 25.5 Å². The van der Waals surface area contributed by atoms with Gasteiger partial charge >= 0.3 is 0 Å². The first-order valence-electron chi connectivity index (χ1n) is 5.93. The van der Waals surface area contributed by atoms with Gasteiger partial charge in [-0.25, -0.2) is 0 Å². The van der Waals surface area contributed by atoms with Crippen molar-refractivity contribution in [3.05, 3.63) is 17.2 Å². The van der Waals surface area contributed by atoms with Gasteiger partial charge in [0.2, 0.25) is 5.88 Å². The van der Waals surface area contributed by atoms with Gasteiger partial charge < -0.3 is 15.0 Å². The number of nitrogens with one attached hydrogen (secondary N) is 1. The van der Waals surface area contributed by atoms with Gasteiger partial charge in [0, 0.05) is 31.2 Å². The van der Waals surface area contributed by atoms with Crippen molar-refractivity contribution < 1.29 is 4.74 Å². The van der Waals surface area contributed by atoms with Gasteiger partial charge in [-0.2, -0.15) is 4.98 Å². The molecule has 0 bridgehead atoms. The van der Waals surface area contributed by atoms with Crippen LogP contribution in [-0.2, 0) is 0 Å². The number of hydrogen-bond donors (Lipinski definition) is 1. The number of piperazine rings is 1. The van der Waals surface area contributed by atoms with Crippen LogP contribution in [0.2, 0.25) is 5.02 Å². The lowest BCUT2D eigenvalue weighted by Crippen LogP contribution is -2.52. The zero-order chi connectivity index (χ0) is 11.9. The molecule has 1 saturated carbocycles. The molecule has 3 rings (SSSR count). The molecule has 0 unspecified atom stereocenters. The van der Waals surface area contributed by atoms with Gasteiger partial charge in [-0.1, -0.05) is 11.6 Å². The third-order valence-electron chi connectivity index (χ3n) is 3.54. The van der Waals surface area contributed by atoms with Crippen molar-refractivity contribution in [2.75, 3.05) is 31.6 Å². The van der Waals surface area contributed by atoms with E-state index in [4.69, 9.17) is 16.3 Å². The molecule has 1 saturated heterocycles. The maximum atomic E-state index is 6.22. The highest BCUT2D eigenvalue weighted by atomic mass is 35.5. The number of ether oxygens (including phenoxy) is 1. The molecule has 2 fully saturated rings. The lowest BCUT2D eigenvalue weighted by molar-refractivity contribution is 0.395. The van der Waals surface area contributed by atoms with Crippen LogP contribution in [0.4, 0.5) is 5.82 Å². The van der Waals surface area contributed by atoms with E-state index in [2.05, 4.69) is 15.2 Å². The summed E-state index contributed by atoms with van der Waals surface area (Å²) in [5.74, 6) is 1.46. The van der Waals surface area contributed by atoms with Gasteiger partial charge in [0.05, 0.1) is 12.1 Å². The fourth-order valence-corrected chi connectivity index (χ4v) is 2.60. The van der Waals surface area contributed by atoms with Gasteiger partial charge in [0.25, 0.3) is 0 Å². The summed E-state index contributed by atoms with van der Waals surface area (Å²) < 4.78 is 5.16. The minimum atomic E-state index is 0.326. The molecule has 0 aromatic carbocycles. The second kappa shape index (κ2) is 4.03. The van der Waals surface area contributed by atoms with Crippen molar-refractivity contribution in [1.29, 1.82) is 0 Å². The van der Waals surface area contributed by atoms with Crippen molar-refractivity contribution in [2.24, 2.45) is 0 Å². The Morgan fingerprint density at radius 2 is 2.29 bits per heavy atom. The first-order valence-corrected chi connectivity index (χ1v) is 6.31. The van der Waals surface area contributed by atoms with Crippen LogP contribution in [0.15, 0.2) is 12.1 Å². The molecule has 0 amide bonds. The van der Waals surface area contributed by atoms with Crippen molar-refractivity contribution in [2.45, 2.75) is 18.4 Å². The Bertz CT molecular complexity index is 434. The Kier molecular flexibility index (Phi) is 2.64. The Hall–Kier alpha value is -1.00. The van der Waals surface area contributed by atoms with E-state index < -0.39 is 0 Å². The third-order valence-corrected chi connectivity index (χ3v) is 3.83. The zero-order valence-electron chi connectivity index (χ0n) is 9.87. The fourth-order valence-electron chi connectivity index (χ4n) is 2.37. The van der Waals surface area contributed by atoms with Gasteiger partial charge in [0.1, 0.15) is 0 Å². The summed E-state index contributed by atoms with van der Waals surface area (Å²) in [6, 6.07) is 3.64. The van der Waals surface area contributed by atoms with Crippen molar-refractivity contribution in [3.63, 3.8) is 0 Å². The Morgan fingerprint density at radius 1 is 1.47 bits per heavy atom.